The van der Waals surface area contributed by atoms with E-state index in [0.29, 0.717) is 40.3 Å². The lowest BCUT2D eigenvalue weighted by Crippen LogP contribution is -2.49. The Kier molecular flexibility index (Phi) is 10.3. The second kappa shape index (κ2) is 14.8. The summed E-state index contributed by atoms with van der Waals surface area (Å²) in [5.41, 5.74) is 0.718. The van der Waals surface area contributed by atoms with E-state index in [1.807, 2.05) is 29.2 Å². The van der Waals surface area contributed by atoms with Crippen molar-refractivity contribution in [1.29, 1.82) is 0 Å². The molecule has 0 unspecified atom stereocenters. The molecule has 2 fully saturated rings. The summed E-state index contributed by atoms with van der Waals surface area (Å²) in [5, 5.41) is 2.51. The van der Waals surface area contributed by atoms with Crippen LogP contribution in [0.25, 0.3) is 38.9 Å². The van der Waals surface area contributed by atoms with Crippen molar-refractivity contribution in [3.8, 4) is 17.1 Å². The van der Waals surface area contributed by atoms with Crippen molar-refractivity contribution in [2.45, 2.75) is 12.8 Å². The molecule has 1 amide bonds. The number of hydrogen-bond acceptors (Lipinski definition) is 8. The van der Waals surface area contributed by atoms with E-state index in [2.05, 4.69) is 31.9 Å². The molecule has 4 heterocycles. The smallest absolute Gasteiger partial charge is 0.318 e. The van der Waals surface area contributed by atoms with Crippen molar-refractivity contribution in [3.05, 3.63) is 88.4 Å². The van der Waals surface area contributed by atoms with Gasteiger partial charge >= 0.3 is 6.01 Å². The van der Waals surface area contributed by atoms with Crippen LogP contribution in [0.15, 0.2) is 66.8 Å². The number of halogens is 4. The molecule has 248 valence electrons. The van der Waals surface area contributed by atoms with E-state index in [4.69, 9.17) is 27.9 Å². The van der Waals surface area contributed by atoms with Crippen LogP contribution in [0, 0.1) is 5.82 Å². The molecule has 3 aromatic carbocycles. The maximum atomic E-state index is 16.4. The monoisotopic (exact) mass is 691 g/mol. The van der Waals surface area contributed by atoms with Gasteiger partial charge in [0.1, 0.15) is 11.3 Å². The summed E-state index contributed by atoms with van der Waals surface area (Å²) in [5.74, 6) is -1.87. The zero-order chi connectivity index (χ0) is 33.8. The molecule has 0 radical (unpaired) electrons. The Bertz CT molecular complexity index is 1980. The Hall–Kier alpha value is -4.45. The lowest BCUT2D eigenvalue weighted by Gasteiger charge is -2.35. The standard InChI is InChI=1S/C30H22Cl2F2N6O2.C5H11N/c1-42-30-37-27-19(15-21(32)25(26(27)34)18-7-2-5-17-6-3-8-20(31)24(17)18)28(38-30)39-11-13-40(14-12-39)29(41)22(33)16-23-35-9-4-10-36-23;1-6-4-2-3-5-6/h2-10,15-16H,11-14H2,1H3;2-5H2,1H3/b22-16-;. The minimum absolute atomic E-state index is 0.0238. The minimum atomic E-state index is -0.960. The van der Waals surface area contributed by atoms with Crippen LogP contribution >= 0.6 is 23.2 Å². The minimum Gasteiger partial charge on any atom is -0.467 e. The summed E-state index contributed by atoms with van der Waals surface area (Å²) in [7, 11) is 3.57. The molecule has 0 aliphatic carbocycles. The second-order valence-electron chi connectivity index (χ2n) is 11.5. The zero-order valence-corrected chi connectivity index (χ0v) is 28.0. The molecule has 2 aliphatic heterocycles. The van der Waals surface area contributed by atoms with Gasteiger partial charge in [-0.15, -0.1) is 0 Å². The number of anilines is 1. The van der Waals surface area contributed by atoms with Crippen molar-refractivity contribution in [3.63, 3.8) is 0 Å². The third kappa shape index (κ3) is 7.03. The highest BCUT2D eigenvalue weighted by molar-refractivity contribution is 6.38. The normalized spacial score (nSPS) is 15.5. The van der Waals surface area contributed by atoms with Crippen LogP contribution in [0.4, 0.5) is 14.6 Å². The molecule has 9 nitrogen and oxygen atoms in total. The third-order valence-corrected chi connectivity index (χ3v) is 9.00. The number of piperazine rings is 1. The number of fused-ring (bicyclic) bond motifs is 2. The quantitative estimate of drug-likeness (QED) is 0.181. The molecule has 2 aromatic heterocycles. The van der Waals surface area contributed by atoms with E-state index in [1.165, 1.54) is 50.3 Å². The molecular weight excluding hydrogens is 659 g/mol. The van der Waals surface area contributed by atoms with E-state index in [-0.39, 0.29) is 41.0 Å². The first-order valence-corrected chi connectivity index (χ1v) is 16.3. The Morgan fingerprint density at radius 1 is 0.917 bits per heavy atom. The summed E-state index contributed by atoms with van der Waals surface area (Å²) in [4.78, 5) is 35.0. The lowest BCUT2D eigenvalue weighted by molar-refractivity contribution is -0.128. The Balaban J connectivity index is 0.000000604. The van der Waals surface area contributed by atoms with Gasteiger partial charge in [0.25, 0.3) is 5.91 Å². The summed E-state index contributed by atoms with van der Waals surface area (Å²) in [6.45, 7) is 3.64. The van der Waals surface area contributed by atoms with Gasteiger partial charge in [0, 0.05) is 66.0 Å². The average Bonchev–Trinajstić information content (AvgIpc) is 3.59. The van der Waals surface area contributed by atoms with Crippen molar-refractivity contribution in [1.82, 2.24) is 29.7 Å². The van der Waals surface area contributed by atoms with Gasteiger partial charge in [0.05, 0.1) is 12.1 Å². The Labute approximate surface area is 286 Å². The molecule has 0 N–H and O–H groups in total. The SMILES string of the molecule is CN1CCCC1.COc1nc(N2CCN(C(=O)/C(F)=C/c3ncccn3)CC2)c2cc(Cl)c(-c3cccc4cccc(Cl)c34)c(F)c2n1. The largest absolute Gasteiger partial charge is 0.467 e. The van der Waals surface area contributed by atoms with Crippen molar-refractivity contribution >= 4 is 62.7 Å². The van der Waals surface area contributed by atoms with Crippen molar-refractivity contribution in [2.75, 3.05) is 58.3 Å². The number of benzene rings is 3. The molecule has 7 rings (SSSR count). The molecule has 0 atom stereocenters. The van der Waals surface area contributed by atoms with Gasteiger partial charge in [0.2, 0.25) is 0 Å². The first-order valence-electron chi connectivity index (χ1n) is 15.5. The van der Waals surface area contributed by atoms with E-state index >= 15 is 4.39 Å². The van der Waals surface area contributed by atoms with Gasteiger partial charge in [-0.05, 0) is 62.1 Å². The maximum absolute atomic E-state index is 16.4. The summed E-state index contributed by atoms with van der Waals surface area (Å²) in [6.07, 6.45) is 6.76. The van der Waals surface area contributed by atoms with Gasteiger partial charge in [-0.2, -0.15) is 9.97 Å². The van der Waals surface area contributed by atoms with Crippen LogP contribution < -0.4 is 9.64 Å². The molecule has 0 bridgehead atoms. The van der Waals surface area contributed by atoms with Crippen LogP contribution in [0.3, 0.4) is 0 Å². The van der Waals surface area contributed by atoms with E-state index in [1.54, 1.807) is 24.3 Å². The first-order chi connectivity index (χ1) is 23.2. The first kappa shape index (κ1) is 33.5. The highest BCUT2D eigenvalue weighted by atomic mass is 35.5. The number of aromatic nitrogens is 4. The van der Waals surface area contributed by atoms with Gasteiger partial charge in [0.15, 0.2) is 17.5 Å². The van der Waals surface area contributed by atoms with Gasteiger partial charge < -0.3 is 19.4 Å². The van der Waals surface area contributed by atoms with E-state index < -0.39 is 17.6 Å². The summed E-state index contributed by atoms with van der Waals surface area (Å²) >= 11 is 13.3. The number of amides is 1. The number of carbonyl (C=O) groups is 1. The van der Waals surface area contributed by atoms with Crippen LogP contribution in [0.1, 0.15) is 18.7 Å². The van der Waals surface area contributed by atoms with Crippen LogP contribution in [0.2, 0.25) is 10.0 Å². The maximum Gasteiger partial charge on any atom is 0.318 e. The predicted octanol–water partition coefficient (Wildman–Crippen LogP) is 7.07. The fourth-order valence-electron chi connectivity index (χ4n) is 5.95. The Morgan fingerprint density at radius 2 is 1.60 bits per heavy atom. The molecular formula is C35H33Cl2F2N7O2. The molecule has 2 saturated heterocycles. The van der Waals surface area contributed by atoms with Crippen LogP contribution in [0.5, 0.6) is 6.01 Å². The summed E-state index contributed by atoms with van der Waals surface area (Å²) < 4.78 is 36.3. The van der Waals surface area contributed by atoms with Gasteiger partial charge in [-0.1, -0.05) is 53.5 Å². The molecule has 13 heteroatoms. The highest BCUT2D eigenvalue weighted by Gasteiger charge is 2.28. The molecule has 2 aliphatic rings. The van der Waals surface area contributed by atoms with Crippen LogP contribution in [-0.4, -0.2) is 89.1 Å². The predicted molar refractivity (Wildman–Crippen MR) is 186 cm³/mol. The number of rotatable bonds is 5. The number of nitrogens with zero attached hydrogens (tertiary/aromatic N) is 7. The lowest BCUT2D eigenvalue weighted by atomic mass is 9.96. The second-order valence-corrected chi connectivity index (χ2v) is 12.3. The van der Waals surface area contributed by atoms with Gasteiger partial charge in [-0.3, -0.25) is 4.79 Å². The van der Waals surface area contributed by atoms with E-state index in [0.717, 1.165) is 11.5 Å². The summed E-state index contributed by atoms with van der Waals surface area (Å²) in [6, 6.07) is 14.1. The Morgan fingerprint density at radius 3 is 2.25 bits per heavy atom. The van der Waals surface area contributed by atoms with E-state index in [9.17, 15) is 9.18 Å². The topological polar surface area (TPSA) is 87.6 Å². The zero-order valence-electron chi connectivity index (χ0n) is 26.5. The van der Waals surface area contributed by atoms with Crippen LogP contribution in [-0.2, 0) is 4.79 Å². The van der Waals surface area contributed by atoms with Crippen molar-refractivity contribution < 1.29 is 18.3 Å². The highest BCUT2D eigenvalue weighted by Crippen LogP contribution is 2.42. The molecule has 48 heavy (non-hydrogen) atoms. The molecule has 0 saturated carbocycles. The number of methoxy groups -OCH3 is 1. The number of hydrogen-bond donors (Lipinski definition) is 0. The van der Waals surface area contributed by atoms with Crippen molar-refractivity contribution in [2.24, 2.45) is 0 Å². The molecule has 5 aromatic rings. The number of carbonyl (C=O) groups excluding carboxylic acids is 1. The fraction of sp³-hybridized carbons (Fsp3) is 0.286. The third-order valence-electron chi connectivity index (χ3n) is 8.39. The number of ether oxygens (including phenoxy) is 1. The molecule has 0 spiro atoms. The van der Waals surface area contributed by atoms with Gasteiger partial charge in [-0.25, -0.2) is 18.7 Å². The average molecular weight is 693 g/mol. The fourth-order valence-corrected chi connectivity index (χ4v) is 6.53. The number of likely N-dealkylation sites (tertiary alicyclic amines) is 1.